The van der Waals surface area contributed by atoms with Crippen molar-refractivity contribution in [2.45, 2.75) is 70.7 Å². The van der Waals surface area contributed by atoms with E-state index in [0.29, 0.717) is 44.8 Å². The summed E-state index contributed by atoms with van der Waals surface area (Å²) in [6.45, 7) is 10.0. The lowest BCUT2D eigenvalue weighted by Crippen LogP contribution is -2.56. The molecule has 2 saturated heterocycles. The summed E-state index contributed by atoms with van der Waals surface area (Å²) >= 11 is 6.71. The van der Waals surface area contributed by atoms with Crippen molar-refractivity contribution in [1.29, 1.82) is 5.26 Å². The lowest BCUT2D eigenvalue weighted by atomic mass is 10.0. The number of likely N-dealkylation sites (N-methyl/N-ethyl adjacent to an activating group) is 1. The van der Waals surface area contributed by atoms with Crippen molar-refractivity contribution < 1.29 is 14.3 Å². The summed E-state index contributed by atoms with van der Waals surface area (Å²) in [6.07, 6.45) is 2.81. The standard InChI is InChI=1S/C34H42ClN7O3/c1-34(2,3)45-33(43)42-19-18-41(20-24(42)13-15-36)31-26-14-17-40(29-12-6-9-23-8-5-11-27(35)30(23)29)21-28(26)37-32(38-31)44-22-25-10-7-16-39(25)4/h5-6,8-9,11-12,24-25H,7,10,13-14,16-22H2,1-4H3. The Balaban J connectivity index is 1.32. The zero-order valence-electron chi connectivity index (χ0n) is 26.6. The molecule has 1 amide bonds. The van der Waals surface area contributed by atoms with Crippen LogP contribution in [0, 0.1) is 11.3 Å². The van der Waals surface area contributed by atoms with Crippen LogP contribution in [0.5, 0.6) is 6.01 Å². The van der Waals surface area contributed by atoms with Crippen LogP contribution in [-0.2, 0) is 17.7 Å². The first kappa shape index (κ1) is 31.2. The van der Waals surface area contributed by atoms with Gasteiger partial charge in [-0.05, 0) is 71.1 Å². The topological polar surface area (TPSA) is 98.1 Å². The van der Waals surface area contributed by atoms with Crippen molar-refractivity contribution in [2.75, 3.05) is 56.2 Å². The summed E-state index contributed by atoms with van der Waals surface area (Å²) in [4.78, 5) is 31.6. The minimum Gasteiger partial charge on any atom is -0.462 e. The highest BCUT2D eigenvalue weighted by Crippen LogP contribution is 2.37. The second kappa shape index (κ2) is 12.9. The summed E-state index contributed by atoms with van der Waals surface area (Å²) in [5.74, 6) is 0.831. The quantitative estimate of drug-likeness (QED) is 0.341. The summed E-state index contributed by atoms with van der Waals surface area (Å²) in [7, 11) is 2.13. The van der Waals surface area contributed by atoms with Crippen molar-refractivity contribution in [3.05, 3.63) is 52.7 Å². The molecule has 3 aromatic rings. The van der Waals surface area contributed by atoms with Crippen LogP contribution in [-0.4, -0.2) is 89.9 Å². The molecule has 0 saturated carbocycles. The first-order chi connectivity index (χ1) is 21.6. The van der Waals surface area contributed by atoms with Crippen molar-refractivity contribution in [2.24, 2.45) is 0 Å². The molecule has 2 atom stereocenters. The minimum absolute atomic E-state index is 0.204. The maximum absolute atomic E-state index is 13.1. The van der Waals surface area contributed by atoms with E-state index in [1.807, 2.05) is 32.9 Å². The predicted octanol–water partition coefficient (Wildman–Crippen LogP) is 5.66. The molecule has 2 unspecified atom stereocenters. The molecular weight excluding hydrogens is 590 g/mol. The average molecular weight is 632 g/mol. The number of nitriles is 1. The molecule has 0 spiro atoms. The number of amides is 1. The van der Waals surface area contributed by atoms with E-state index in [2.05, 4.69) is 52.1 Å². The predicted molar refractivity (Wildman–Crippen MR) is 176 cm³/mol. The first-order valence-electron chi connectivity index (χ1n) is 15.9. The van der Waals surface area contributed by atoms with E-state index in [0.717, 1.165) is 70.9 Å². The highest BCUT2D eigenvalue weighted by molar-refractivity contribution is 6.36. The third kappa shape index (κ3) is 6.75. The molecule has 238 valence electrons. The van der Waals surface area contributed by atoms with Crippen LogP contribution in [0.25, 0.3) is 10.8 Å². The lowest BCUT2D eigenvalue weighted by molar-refractivity contribution is 0.0144. The van der Waals surface area contributed by atoms with Crippen LogP contribution in [0.3, 0.4) is 0 Å². The smallest absolute Gasteiger partial charge is 0.410 e. The Morgan fingerprint density at radius 3 is 2.60 bits per heavy atom. The molecule has 45 heavy (non-hydrogen) atoms. The molecule has 2 fully saturated rings. The first-order valence-corrected chi connectivity index (χ1v) is 16.3. The van der Waals surface area contributed by atoms with E-state index in [-0.39, 0.29) is 18.6 Å². The van der Waals surface area contributed by atoms with Gasteiger partial charge in [0.2, 0.25) is 0 Å². The van der Waals surface area contributed by atoms with Gasteiger partial charge in [-0.15, -0.1) is 0 Å². The maximum Gasteiger partial charge on any atom is 0.410 e. The number of anilines is 2. The SMILES string of the molecule is CN1CCCC1COc1nc2c(c(N3CCN(C(=O)OC(C)(C)C)C(CC#N)C3)n1)CCN(c1cccc3cccc(Cl)c13)C2. The number of carbonyl (C=O) groups is 1. The third-order valence-electron chi connectivity index (χ3n) is 9.01. The molecule has 0 bridgehead atoms. The molecule has 3 aliphatic heterocycles. The van der Waals surface area contributed by atoms with E-state index in [9.17, 15) is 10.1 Å². The van der Waals surface area contributed by atoms with Gasteiger partial charge in [0.25, 0.3) is 0 Å². The molecule has 3 aliphatic rings. The number of ether oxygens (including phenoxy) is 2. The number of rotatable bonds is 6. The summed E-state index contributed by atoms with van der Waals surface area (Å²) in [6, 6.07) is 14.9. The van der Waals surface area contributed by atoms with Crippen LogP contribution in [0.4, 0.5) is 16.3 Å². The number of likely N-dealkylation sites (tertiary alicyclic amines) is 1. The number of carbonyl (C=O) groups excluding carboxylic acids is 1. The monoisotopic (exact) mass is 631 g/mol. The number of piperazine rings is 1. The molecular formula is C34H42ClN7O3. The molecule has 4 heterocycles. The Bertz CT molecular complexity index is 1600. The largest absolute Gasteiger partial charge is 0.462 e. The van der Waals surface area contributed by atoms with Crippen molar-refractivity contribution in [3.8, 4) is 12.1 Å². The lowest BCUT2D eigenvalue weighted by Gasteiger charge is -2.42. The van der Waals surface area contributed by atoms with Gasteiger partial charge >= 0.3 is 12.1 Å². The molecule has 0 radical (unpaired) electrons. The van der Waals surface area contributed by atoms with E-state index in [1.54, 1.807) is 4.90 Å². The fourth-order valence-corrected chi connectivity index (χ4v) is 6.99. The van der Waals surface area contributed by atoms with Crippen LogP contribution < -0.4 is 14.5 Å². The van der Waals surface area contributed by atoms with Gasteiger partial charge in [-0.2, -0.15) is 15.2 Å². The van der Waals surface area contributed by atoms with Gasteiger partial charge in [0.1, 0.15) is 18.0 Å². The highest BCUT2D eigenvalue weighted by Gasteiger charge is 2.36. The average Bonchev–Trinajstić information content (AvgIpc) is 3.42. The summed E-state index contributed by atoms with van der Waals surface area (Å²) in [5, 5.41) is 12.5. The molecule has 6 rings (SSSR count). The zero-order chi connectivity index (χ0) is 31.7. The van der Waals surface area contributed by atoms with Crippen LogP contribution >= 0.6 is 11.6 Å². The van der Waals surface area contributed by atoms with Crippen molar-refractivity contribution >= 4 is 40.0 Å². The van der Waals surface area contributed by atoms with Crippen molar-refractivity contribution in [3.63, 3.8) is 0 Å². The normalized spacial score (nSPS) is 20.7. The fraction of sp³-hybridized carbons (Fsp3) is 0.529. The second-order valence-corrected chi connectivity index (χ2v) is 13.7. The van der Waals surface area contributed by atoms with E-state index in [1.165, 1.54) is 0 Å². The number of hydrogen-bond acceptors (Lipinski definition) is 9. The summed E-state index contributed by atoms with van der Waals surface area (Å²) < 4.78 is 12.0. The number of nitrogens with zero attached hydrogens (tertiary/aromatic N) is 7. The number of fused-ring (bicyclic) bond motifs is 2. The Labute approximate surface area is 270 Å². The molecule has 0 N–H and O–H groups in total. The fourth-order valence-electron chi connectivity index (χ4n) is 6.71. The van der Waals surface area contributed by atoms with Crippen LogP contribution in [0.2, 0.25) is 5.02 Å². The minimum atomic E-state index is -0.614. The molecule has 0 aliphatic carbocycles. The molecule has 1 aromatic heterocycles. The van der Waals surface area contributed by atoms with Gasteiger partial charge in [-0.3, -0.25) is 0 Å². The Kier molecular flexibility index (Phi) is 8.94. The Morgan fingerprint density at radius 2 is 1.87 bits per heavy atom. The second-order valence-electron chi connectivity index (χ2n) is 13.3. The van der Waals surface area contributed by atoms with Gasteiger partial charge < -0.3 is 29.1 Å². The van der Waals surface area contributed by atoms with Crippen LogP contribution in [0.15, 0.2) is 36.4 Å². The van der Waals surface area contributed by atoms with Crippen molar-refractivity contribution in [1.82, 2.24) is 19.8 Å². The van der Waals surface area contributed by atoms with Gasteiger partial charge in [0.15, 0.2) is 0 Å². The van der Waals surface area contributed by atoms with Gasteiger partial charge in [-0.1, -0.05) is 35.9 Å². The highest BCUT2D eigenvalue weighted by atomic mass is 35.5. The molecule has 2 aromatic carbocycles. The summed E-state index contributed by atoms with van der Waals surface area (Å²) in [5.41, 5.74) is 2.48. The number of aromatic nitrogens is 2. The molecule has 11 heteroatoms. The third-order valence-corrected chi connectivity index (χ3v) is 9.32. The van der Waals surface area contributed by atoms with Crippen LogP contribution in [0.1, 0.15) is 51.3 Å². The van der Waals surface area contributed by atoms with E-state index >= 15 is 0 Å². The van der Waals surface area contributed by atoms with E-state index < -0.39 is 5.60 Å². The van der Waals surface area contributed by atoms with E-state index in [4.69, 9.17) is 31.0 Å². The number of halogens is 1. The van der Waals surface area contributed by atoms with Gasteiger partial charge in [0.05, 0.1) is 35.8 Å². The van der Waals surface area contributed by atoms with Gasteiger partial charge in [-0.25, -0.2) is 4.79 Å². The zero-order valence-corrected chi connectivity index (χ0v) is 27.4. The maximum atomic E-state index is 13.1. The Hall–Kier alpha value is -3.81. The Morgan fingerprint density at radius 1 is 1.07 bits per heavy atom. The molecule has 10 nitrogen and oxygen atoms in total. The number of benzene rings is 2. The van der Waals surface area contributed by atoms with Gasteiger partial charge in [0, 0.05) is 48.9 Å². The number of hydrogen-bond donors (Lipinski definition) is 0.